The first kappa shape index (κ1) is 7.18. The van der Waals surface area contributed by atoms with E-state index >= 15 is 0 Å². The zero-order valence-corrected chi connectivity index (χ0v) is 5.38. The maximum atomic E-state index is 12.3. The van der Waals surface area contributed by atoms with E-state index in [-0.39, 0.29) is 5.82 Å². The first-order valence-electron chi connectivity index (χ1n) is 2.89. The molecule has 0 spiro atoms. The van der Waals surface area contributed by atoms with E-state index < -0.39 is 0 Å². The van der Waals surface area contributed by atoms with E-state index in [1.54, 1.807) is 12.1 Å². The Morgan fingerprint density at radius 3 is 2.40 bits per heavy atom. The Morgan fingerprint density at radius 2 is 1.90 bits per heavy atom. The molecule has 10 heavy (non-hydrogen) atoms. The van der Waals surface area contributed by atoms with Gasteiger partial charge in [0.25, 0.3) is 0 Å². The van der Waals surface area contributed by atoms with E-state index in [9.17, 15) is 4.39 Å². The number of hydrogen-bond donors (Lipinski definition) is 1. The molecule has 0 bridgehead atoms. The fourth-order valence-electron chi connectivity index (χ4n) is 0.677. The molecular formula is C7H8FNO. The second-order valence-corrected chi connectivity index (χ2v) is 1.94. The van der Waals surface area contributed by atoms with Crippen LogP contribution in [0.4, 0.5) is 4.39 Å². The van der Waals surface area contributed by atoms with Crippen molar-refractivity contribution < 1.29 is 9.23 Å². The third-order valence-electron chi connectivity index (χ3n) is 1.16. The van der Waals surface area contributed by atoms with Crippen molar-refractivity contribution in [3.05, 3.63) is 35.6 Å². The SMILES string of the molecule is NOCc1ccc(F)cc1. The zero-order chi connectivity index (χ0) is 7.40. The van der Waals surface area contributed by atoms with Gasteiger partial charge in [0.05, 0.1) is 6.61 Å². The lowest BCUT2D eigenvalue weighted by Gasteiger charge is -1.96. The van der Waals surface area contributed by atoms with Crippen LogP contribution in [0.1, 0.15) is 5.56 Å². The second kappa shape index (κ2) is 3.29. The topological polar surface area (TPSA) is 35.2 Å². The van der Waals surface area contributed by atoms with E-state index in [0.717, 1.165) is 5.56 Å². The van der Waals surface area contributed by atoms with Crippen LogP contribution >= 0.6 is 0 Å². The Balaban J connectivity index is 2.69. The molecule has 0 radical (unpaired) electrons. The number of halogens is 1. The summed E-state index contributed by atoms with van der Waals surface area (Å²) < 4.78 is 12.3. The predicted octanol–water partition coefficient (Wildman–Crippen LogP) is 1.22. The summed E-state index contributed by atoms with van der Waals surface area (Å²) in [5.74, 6) is 4.56. The van der Waals surface area contributed by atoms with Gasteiger partial charge in [-0.25, -0.2) is 10.3 Å². The molecule has 0 unspecified atom stereocenters. The van der Waals surface area contributed by atoms with E-state index in [1.807, 2.05) is 0 Å². The molecule has 54 valence electrons. The van der Waals surface area contributed by atoms with Crippen molar-refractivity contribution in [1.82, 2.24) is 0 Å². The summed E-state index contributed by atoms with van der Waals surface area (Å²) in [4.78, 5) is 4.35. The summed E-state index contributed by atoms with van der Waals surface area (Å²) in [6.45, 7) is 0.320. The van der Waals surface area contributed by atoms with E-state index in [4.69, 9.17) is 5.90 Å². The van der Waals surface area contributed by atoms with Crippen molar-refractivity contribution >= 4 is 0 Å². The van der Waals surface area contributed by atoms with Gasteiger partial charge in [-0.1, -0.05) is 12.1 Å². The summed E-state index contributed by atoms with van der Waals surface area (Å²) in [6.07, 6.45) is 0. The molecule has 2 nitrogen and oxygen atoms in total. The summed E-state index contributed by atoms with van der Waals surface area (Å²) in [7, 11) is 0. The van der Waals surface area contributed by atoms with Crippen LogP contribution < -0.4 is 5.90 Å². The molecule has 0 fully saturated rings. The predicted molar refractivity (Wildman–Crippen MR) is 35.4 cm³/mol. The Kier molecular flexibility index (Phi) is 2.36. The highest BCUT2D eigenvalue weighted by atomic mass is 19.1. The molecule has 0 aromatic heterocycles. The van der Waals surface area contributed by atoms with Gasteiger partial charge >= 0.3 is 0 Å². The van der Waals surface area contributed by atoms with Crippen molar-refractivity contribution in [1.29, 1.82) is 0 Å². The maximum Gasteiger partial charge on any atom is 0.123 e. The third-order valence-corrected chi connectivity index (χ3v) is 1.16. The molecule has 0 aliphatic rings. The highest BCUT2D eigenvalue weighted by Crippen LogP contribution is 2.02. The number of benzene rings is 1. The molecule has 0 heterocycles. The molecular weight excluding hydrogens is 133 g/mol. The average molecular weight is 141 g/mol. The third kappa shape index (κ3) is 1.79. The molecule has 0 amide bonds. The molecule has 0 aliphatic carbocycles. The molecule has 2 N–H and O–H groups in total. The summed E-state index contributed by atoms with van der Waals surface area (Å²) in [5, 5.41) is 0. The largest absolute Gasteiger partial charge is 0.300 e. The molecule has 1 aromatic rings. The van der Waals surface area contributed by atoms with Crippen molar-refractivity contribution in [2.75, 3.05) is 0 Å². The van der Waals surface area contributed by atoms with Crippen molar-refractivity contribution in [2.24, 2.45) is 5.90 Å². The van der Waals surface area contributed by atoms with Gasteiger partial charge < -0.3 is 0 Å². The Hall–Kier alpha value is -0.930. The second-order valence-electron chi connectivity index (χ2n) is 1.94. The quantitative estimate of drug-likeness (QED) is 0.628. The van der Waals surface area contributed by atoms with Gasteiger partial charge in [0.2, 0.25) is 0 Å². The highest BCUT2D eigenvalue weighted by molar-refractivity contribution is 5.14. The maximum absolute atomic E-state index is 12.3. The van der Waals surface area contributed by atoms with Crippen LogP contribution in [-0.4, -0.2) is 0 Å². The first-order valence-corrected chi connectivity index (χ1v) is 2.89. The van der Waals surface area contributed by atoms with Crippen LogP contribution in [0, 0.1) is 5.82 Å². The molecule has 0 saturated heterocycles. The van der Waals surface area contributed by atoms with E-state index in [1.165, 1.54) is 12.1 Å². The van der Waals surface area contributed by atoms with Gasteiger partial charge in [0.15, 0.2) is 0 Å². The summed E-state index contributed by atoms with van der Waals surface area (Å²) >= 11 is 0. The van der Waals surface area contributed by atoms with Crippen LogP contribution in [0.3, 0.4) is 0 Å². The lowest BCUT2D eigenvalue weighted by molar-refractivity contribution is 0.124. The minimum absolute atomic E-state index is 0.249. The molecule has 1 rings (SSSR count). The van der Waals surface area contributed by atoms with Crippen LogP contribution in [0.5, 0.6) is 0 Å². The van der Waals surface area contributed by atoms with Crippen molar-refractivity contribution in [3.8, 4) is 0 Å². The van der Waals surface area contributed by atoms with Gasteiger partial charge in [-0.05, 0) is 17.7 Å². The van der Waals surface area contributed by atoms with E-state index in [0.29, 0.717) is 6.61 Å². The van der Waals surface area contributed by atoms with Crippen LogP contribution in [0.2, 0.25) is 0 Å². The minimum atomic E-state index is -0.249. The van der Waals surface area contributed by atoms with Crippen LogP contribution in [-0.2, 0) is 11.4 Å². The summed E-state index contributed by atoms with van der Waals surface area (Å²) in [6, 6.07) is 5.99. The Bertz CT molecular complexity index is 197. The fraction of sp³-hybridized carbons (Fsp3) is 0.143. The number of nitrogens with two attached hydrogens (primary N) is 1. The molecule has 0 saturated carbocycles. The number of hydrogen-bond acceptors (Lipinski definition) is 2. The zero-order valence-electron chi connectivity index (χ0n) is 5.38. The average Bonchev–Trinajstić information content (AvgIpc) is 1.95. The van der Waals surface area contributed by atoms with Gasteiger partial charge in [-0.15, -0.1) is 0 Å². The molecule has 0 atom stereocenters. The molecule has 0 aliphatic heterocycles. The minimum Gasteiger partial charge on any atom is -0.300 e. The van der Waals surface area contributed by atoms with Gasteiger partial charge in [-0.3, -0.25) is 4.84 Å². The lowest BCUT2D eigenvalue weighted by Crippen LogP contribution is -1.98. The number of rotatable bonds is 2. The smallest absolute Gasteiger partial charge is 0.123 e. The van der Waals surface area contributed by atoms with Gasteiger partial charge in [-0.2, -0.15) is 0 Å². The monoisotopic (exact) mass is 141 g/mol. The van der Waals surface area contributed by atoms with Gasteiger partial charge in [0, 0.05) is 0 Å². The molecule has 3 heteroatoms. The van der Waals surface area contributed by atoms with Crippen molar-refractivity contribution in [3.63, 3.8) is 0 Å². The Morgan fingerprint density at radius 1 is 1.30 bits per heavy atom. The van der Waals surface area contributed by atoms with Crippen molar-refractivity contribution in [2.45, 2.75) is 6.61 Å². The lowest BCUT2D eigenvalue weighted by atomic mass is 10.2. The van der Waals surface area contributed by atoms with E-state index in [2.05, 4.69) is 4.84 Å². The van der Waals surface area contributed by atoms with Gasteiger partial charge in [0.1, 0.15) is 5.82 Å². The van der Waals surface area contributed by atoms with Crippen LogP contribution in [0.15, 0.2) is 24.3 Å². The van der Waals surface area contributed by atoms with Crippen LogP contribution in [0.25, 0.3) is 0 Å². The highest BCUT2D eigenvalue weighted by Gasteiger charge is 1.90. The first-order chi connectivity index (χ1) is 4.83. The summed E-state index contributed by atoms with van der Waals surface area (Å²) in [5.41, 5.74) is 0.865. The standard InChI is InChI=1S/C7H8FNO/c8-7-3-1-6(2-4-7)5-10-9/h1-4H,5,9H2. The molecule has 1 aromatic carbocycles. The Labute approximate surface area is 58.4 Å². The normalized spacial score (nSPS) is 9.80. The fourth-order valence-corrected chi connectivity index (χ4v) is 0.677.